The maximum absolute atomic E-state index is 11.0. The number of allylic oxidation sites excluding steroid dienone is 1. The Bertz CT molecular complexity index is 1070. The highest BCUT2D eigenvalue weighted by Crippen LogP contribution is 2.34. The molecule has 0 atom stereocenters. The number of pyridine rings is 1. The number of imidazole rings is 1. The van der Waals surface area contributed by atoms with E-state index in [0.717, 1.165) is 5.56 Å². The SMILES string of the molecule is O=[N+]([O-])c1cnc2c(c1)/C(=C\c1[nH]c(NCc3ccccc3)nc1O)C=N2. The number of hydrogen-bond donors (Lipinski definition) is 3. The van der Waals surface area contributed by atoms with Gasteiger partial charge in [0.15, 0.2) is 5.82 Å². The van der Waals surface area contributed by atoms with Crippen LogP contribution in [0, 0.1) is 10.1 Å². The predicted molar refractivity (Wildman–Crippen MR) is 101 cm³/mol. The van der Waals surface area contributed by atoms with Gasteiger partial charge in [0.25, 0.3) is 5.69 Å². The van der Waals surface area contributed by atoms with Gasteiger partial charge in [-0.3, -0.25) is 10.1 Å². The van der Waals surface area contributed by atoms with Gasteiger partial charge >= 0.3 is 0 Å². The number of nitro groups is 1. The lowest BCUT2D eigenvalue weighted by molar-refractivity contribution is -0.385. The van der Waals surface area contributed by atoms with Crippen LogP contribution in [0.2, 0.25) is 0 Å². The number of aromatic nitrogens is 3. The normalized spacial score (nSPS) is 13.7. The van der Waals surface area contributed by atoms with Crippen molar-refractivity contribution in [3.63, 3.8) is 0 Å². The Labute approximate surface area is 153 Å². The van der Waals surface area contributed by atoms with Crippen LogP contribution in [-0.2, 0) is 6.54 Å². The molecule has 3 N–H and O–H groups in total. The third-order valence-electron chi connectivity index (χ3n) is 4.01. The average molecular weight is 362 g/mol. The number of nitrogens with one attached hydrogen (secondary N) is 2. The lowest BCUT2D eigenvalue weighted by Crippen LogP contribution is -2.00. The molecule has 0 spiro atoms. The number of nitrogens with zero attached hydrogens (tertiary/aromatic N) is 4. The Hall–Kier alpha value is -4.01. The van der Waals surface area contributed by atoms with Gasteiger partial charge in [-0.05, 0) is 11.6 Å². The molecule has 134 valence electrons. The monoisotopic (exact) mass is 362 g/mol. The molecule has 4 rings (SSSR count). The Kier molecular flexibility index (Phi) is 4.09. The Morgan fingerprint density at radius 2 is 2.11 bits per heavy atom. The molecule has 0 amide bonds. The fraction of sp³-hybridized carbons (Fsp3) is 0.0556. The highest BCUT2D eigenvalue weighted by atomic mass is 16.6. The third-order valence-corrected chi connectivity index (χ3v) is 4.01. The number of anilines is 1. The van der Waals surface area contributed by atoms with Crippen LogP contribution in [-0.4, -0.2) is 31.2 Å². The molecule has 0 bridgehead atoms. The minimum absolute atomic E-state index is 0.121. The van der Waals surface area contributed by atoms with Crippen molar-refractivity contribution in [3.8, 4) is 5.88 Å². The topological polar surface area (TPSA) is 129 Å². The van der Waals surface area contributed by atoms with Crippen LogP contribution >= 0.6 is 0 Å². The largest absolute Gasteiger partial charge is 0.492 e. The molecular formula is C18H14N6O3. The maximum atomic E-state index is 11.0. The lowest BCUT2D eigenvalue weighted by atomic mass is 10.1. The minimum atomic E-state index is -0.511. The van der Waals surface area contributed by atoms with E-state index in [9.17, 15) is 15.2 Å². The first kappa shape index (κ1) is 16.5. The van der Waals surface area contributed by atoms with Crippen molar-refractivity contribution < 1.29 is 10.0 Å². The number of fused-ring (bicyclic) bond motifs is 1. The van der Waals surface area contributed by atoms with Gasteiger partial charge in [-0.15, -0.1) is 0 Å². The Morgan fingerprint density at radius 3 is 2.89 bits per heavy atom. The number of aliphatic imine (C=N–C) groups is 1. The first-order valence-corrected chi connectivity index (χ1v) is 8.07. The van der Waals surface area contributed by atoms with Crippen LogP contribution in [0.25, 0.3) is 11.6 Å². The second-order valence-electron chi connectivity index (χ2n) is 5.84. The van der Waals surface area contributed by atoms with E-state index in [1.807, 2.05) is 30.3 Å². The van der Waals surface area contributed by atoms with Crippen LogP contribution in [0.5, 0.6) is 5.88 Å². The summed E-state index contributed by atoms with van der Waals surface area (Å²) in [6, 6.07) is 11.2. The second-order valence-corrected chi connectivity index (χ2v) is 5.84. The quantitative estimate of drug-likeness (QED) is 0.472. The number of benzene rings is 1. The summed E-state index contributed by atoms with van der Waals surface area (Å²) < 4.78 is 0. The predicted octanol–water partition coefficient (Wildman–Crippen LogP) is 3.29. The highest BCUT2D eigenvalue weighted by molar-refractivity contribution is 6.21. The Morgan fingerprint density at radius 1 is 1.30 bits per heavy atom. The zero-order valence-electron chi connectivity index (χ0n) is 14.0. The lowest BCUT2D eigenvalue weighted by Gasteiger charge is -2.02. The summed E-state index contributed by atoms with van der Waals surface area (Å²) >= 11 is 0. The van der Waals surface area contributed by atoms with Gasteiger partial charge in [-0.25, -0.2) is 9.98 Å². The molecule has 9 nitrogen and oxygen atoms in total. The van der Waals surface area contributed by atoms with E-state index < -0.39 is 4.92 Å². The number of aromatic amines is 1. The van der Waals surface area contributed by atoms with Crippen LogP contribution in [0.4, 0.5) is 17.5 Å². The zero-order chi connectivity index (χ0) is 18.8. The molecule has 1 aromatic carbocycles. The van der Waals surface area contributed by atoms with Gasteiger partial charge in [-0.2, -0.15) is 4.98 Å². The van der Waals surface area contributed by atoms with Crippen molar-refractivity contribution in [3.05, 3.63) is 69.5 Å². The van der Waals surface area contributed by atoms with Crippen molar-refractivity contribution in [2.75, 3.05) is 5.32 Å². The number of rotatable bonds is 5. The molecule has 3 aromatic rings. The standard InChI is InChI=1S/C18H14N6O3/c25-17-15(22-18(23-17)21-8-11-4-2-1-3-5-11)6-12-9-19-16-14(12)7-13(10-20-16)24(26)27/h1-7,9-10,25H,8H2,(H2,21,22,23)/b12-6-. The minimum Gasteiger partial charge on any atom is -0.492 e. The van der Waals surface area contributed by atoms with E-state index in [4.69, 9.17) is 0 Å². The van der Waals surface area contributed by atoms with E-state index in [1.54, 1.807) is 12.3 Å². The second kappa shape index (κ2) is 6.71. The van der Waals surface area contributed by atoms with Gasteiger partial charge < -0.3 is 15.4 Å². The van der Waals surface area contributed by atoms with Gasteiger partial charge in [0, 0.05) is 30.0 Å². The van der Waals surface area contributed by atoms with Crippen LogP contribution in [0.3, 0.4) is 0 Å². The molecule has 0 saturated heterocycles. The highest BCUT2D eigenvalue weighted by Gasteiger charge is 2.19. The van der Waals surface area contributed by atoms with Gasteiger partial charge in [0.2, 0.25) is 11.8 Å². The summed E-state index contributed by atoms with van der Waals surface area (Å²) in [5.41, 5.74) is 2.44. The van der Waals surface area contributed by atoms with Crippen molar-refractivity contribution in [2.24, 2.45) is 4.99 Å². The molecule has 0 fully saturated rings. The van der Waals surface area contributed by atoms with Crippen LogP contribution in [0.15, 0.2) is 47.6 Å². The molecular weight excluding hydrogens is 348 g/mol. The molecule has 0 radical (unpaired) electrons. The number of hydrogen-bond acceptors (Lipinski definition) is 7. The molecule has 0 aliphatic carbocycles. The van der Waals surface area contributed by atoms with Crippen LogP contribution in [0.1, 0.15) is 16.8 Å². The third kappa shape index (κ3) is 3.38. The smallest absolute Gasteiger partial charge is 0.288 e. The first-order valence-electron chi connectivity index (χ1n) is 8.07. The summed E-state index contributed by atoms with van der Waals surface area (Å²) in [5.74, 6) is 0.627. The Balaban J connectivity index is 1.57. The molecule has 0 saturated carbocycles. The van der Waals surface area contributed by atoms with E-state index in [-0.39, 0.29) is 11.6 Å². The van der Waals surface area contributed by atoms with Gasteiger partial charge in [0.05, 0.1) is 4.92 Å². The van der Waals surface area contributed by atoms with Crippen LogP contribution < -0.4 is 5.32 Å². The molecule has 9 heteroatoms. The van der Waals surface area contributed by atoms with E-state index in [2.05, 4.69) is 25.3 Å². The van der Waals surface area contributed by atoms with Crippen molar-refractivity contribution in [1.82, 2.24) is 15.0 Å². The van der Waals surface area contributed by atoms with E-state index >= 15 is 0 Å². The molecule has 2 aromatic heterocycles. The summed E-state index contributed by atoms with van der Waals surface area (Å²) in [4.78, 5) is 25.6. The van der Waals surface area contributed by atoms with E-state index in [0.29, 0.717) is 35.1 Å². The fourth-order valence-electron chi connectivity index (χ4n) is 2.68. The number of aromatic hydroxyl groups is 1. The molecule has 1 aliphatic heterocycles. The molecule has 3 heterocycles. The summed E-state index contributed by atoms with van der Waals surface area (Å²) in [6.45, 7) is 0.546. The van der Waals surface area contributed by atoms with Crippen molar-refractivity contribution in [2.45, 2.75) is 6.54 Å². The molecule has 1 aliphatic rings. The van der Waals surface area contributed by atoms with Crippen molar-refractivity contribution in [1.29, 1.82) is 0 Å². The fourth-order valence-corrected chi connectivity index (χ4v) is 2.68. The molecule has 27 heavy (non-hydrogen) atoms. The maximum Gasteiger partial charge on any atom is 0.288 e. The first-order chi connectivity index (χ1) is 13.1. The van der Waals surface area contributed by atoms with Gasteiger partial charge in [0.1, 0.15) is 11.9 Å². The summed E-state index contributed by atoms with van der Waals surface area (Å²) in [6.07, 6.45) is 4.33. The van der Waals surface area contributed by atoms with E-state index in [1.165, 1.54) is 12.3 Å². The average Bonchev–Trinajstić information content (AvgIpc) is 3.24. The van der Waals surface area contributed by atoms with Crippen molar-refractivity contribution >= 4 is 35.3 Å². The summed E-state index contributed by atoms with van der Waals surface area (Å²) in [5, 5.41) is 24.1. The van der Waals surface area contributed by atoms with Gasteiger partial charge in [-0.1, -0.05) is 30.3 Å². The zero-order valence-corrected chi connectivity index (χ0v) is 14.0. The molecule has 0 unspecified atom stereocenters. The summed E-state index contributed by atoms with van der Waals surface area (Å²) in [7, 11) is 0. The number of H-pyrrole nitrogens is 1.